The second-order valence-corrected chi connectivity index (χ2v) is 5.01. The molecule has 0 heterocycles. The van der Waals surface area contributed by atoms with Gasteiger partial charge >= 0.3 is 0 Å². The lowest BCUT2D eigenvalue weighted by Crippen LogP contribution is -2.13. The van der Waals surface area contributed by atoms with E-state index in [9.17, 15) is 0 Å². The van der Waals surface area contributed by atoms with Gasteiger partial charge in [0, 0.05) is 6.21 Å². The molecule has 0 bridgehead atoms. The molecule has 0 unspecified atom stereocenters. The Morgan fingerprint density at radius 1 is 1.36 bits per heavy atom. The van der Waals surface area contributed by atoms with Crippen LogP contribution in [0.15, 0.2) is 0 Å². The van der Waals surface area contributed by atoms with E-state index in [2.05, 4.69) is 0 Å². The van der Waals surface area contributed by atoms with Crippen LogP contribution in [-0.2, 0) is 0 Å². The highest BCUT2D eigenvalue weighted by atomic mass is 35.5. The highest BCUT2D eigenvalue weighted by molar-refractivity contribution is 6.55. The van der Waals surface area contributed by atoms with Crippen molar-refractivity contribution in [1.82, 2.24) is 0 Å². The molecule has 1 N–H and O–H groups in total. The van der Waals surface area contributed by atoms with Crippen LogP contribution in [0.25, 0.3) is 0 Å². The van der Waals surface area contributed by atoms with Crippen molar-refractivity contribution in [1.29, 1.82) is 5.41 Å². The zero-order valence-corrected chi connectivity index (χ0v) is 8.81. The van der Waals surface area contributed by atoms with Crippen molar-refractivity contribution in [2.24, 2.45) is 0 Å². The summed E-state index contributed by atoms with van der Waals surface area (Å²) in [7, 11) is 0. The topological polar surface area (TPSA) is 23.9 Å². The molecular formula is C6H9Cl4N. The zero-order chi connectivity index (χ0) is 8.91. The summed E-state index contributed by atoms with van der Waals surface area (Å²) in [5, 5.41) is 6.84. The van der Waals surface area contributed by atoms with E-state index in [0.717, 1.165) is 12.6 Å². The van der Waals surface area contributed by atoms with Crippen LogP contribution in [0.2, 0.25) is 0 Å². The fraction of sp³-hybridized carbons (Fsp3) is 0.833. The first kappa shape index (κ1) is 11.8. The molecule has 66 valence electrons. The quantitative estimate of drug-likeness (QED) is 0.555. The molecule has 0 amide bonds. The van der Waals surface area contributed by atoms with Gasteiger partial charge < -0.3 is 5.41 Å². The van der Waals surface area contributed by atoms with E-state index in [1.807, 2.05) is 0 Å². The number of alkyl halides is 4. The molecule has 0 saturated heterocycles. The number of halogens is 4. The number of hydrogen-bond donors (Lipinski definition) is 1. The number of rotatable bonds is 5. The first-order valence-electron chi connectivity index (χ1n) is 3.15. The standard InChI is InChI=1S/C6H9Cl4N/c7-5(8)2-1-3-6(9,10)4-11/h4-5,11H,1-3H2. The average molecular weight is 237 g/mol. The van der Waals surface area contributed by atoms with Crippen LogP contribution >= 0.6 is 46.4 Å². The fourth-order valence-corrected chi connectivity index (χ4v) is 1.14. The van der Waals surface area contributed by atoms with Gasteiger partial charge in [0.1, 0.15) is 4.84 Å². The third kappa shape index (κ3) is 7.20. The van der Waals surface area contributed by atoms with Crippen molar-refractivity contribution in [2.45, 2.75) is 28.4 Å². The smallest absolute Gasteiger partial charge is 0.152 e. The molecule has 0 aromatic rings. The van der Waals surface area contributed by atoms with Crippen molar-refractivity contribution in [2.75, 3.05) is 0 Å². The minimum atomic E-state index is -1.05. The summed E-state index contributed by atoms with van der Waals surface area (Å²) in [5.41, 5.74) is 0. The van der Waals surface area contributed by atoms with E-state index in [1.54, 1.807) is 0 Å². The molecule has 0 radical (unpaired) electrons. The van der Waals surface area contributed by atoms with Crippen LogP contribution < -0.4 is 0 Å². The summed E-state index contributed by atoms with van der Waals surface area (Å²) in [6, 6.07) is 0. The average Bonchev–Trinajstić information content (AvgIpc) is 1.87. The van der Waals surface area contributed by atoms with E-state index in [0.29, 0.717) is 12.8 Å². The molecule has 0 spiro atoms. The van der Waals surface area contributed by atoms with Gasteiger partial charge in [-0.1, -0.05) is 23.2 Å². The molecule has 1 nitrogen and oxygen atoms in total. The Kier molecular flexibility index (Phi) is 5.88. The highest BCUT2D eigenvalue weighted by Crippen LogP contribution is 2.26. The first-order chi connectivity index (χ1) is 4.98. The van der Waals surface area contributed by atoms with Crippen molar-refractivity contribution in [3.8, 4) is 0 Å². The third-order valence-electron chi connectivity index (χ3n) is 1.14. The van der Waals surface area contributed by atoms with Gasteiger partial charge in [0.05, 0.1) is 0 Å². The molecule has 0 rings (SSSR count). The van der Waals surface area contributed by atoms with Gasteiger partial charge in [-0.3, -0.25) is 0 Å². The predicted octanol–water partition coefficient (Wildman–Crippen LogP) is 3.78. The lowest BCUT2D eigenvalue weighted by molar-refractivity contribution is 0.712. The van der Waals surface area contributed by atoms with Crippen molar-refractivity contribution in [3.63, 3.8) is 0 Å². The van der Waals surface area contributed by atoms with Gasteiger partial charge in [-0.15, -0.1) is 23.2 Å². The molecule has 0 atom stereocenters. The summed E-state index contributed by atoms with van der Waals surface area (Å²) in [6.45, 7) is 0. The Balaban J connectivity index is 3.45. The first-order valence-corrected chi connectivity index (χ1v) is 4.78. The highest BCUT2D eigenvalue weighted by Gasteiger charge is 2.19. The maximum atomic E-state index is 6.84. The van der Waals surface area contributed by atoms with Crippen LogP contribution in [0.4, 0.5) is 0 Å². The van der Waals surface area contributed by atoms with E-state index >= 15 is 0 Å². The summed E-state index contributed by atoms with van der Waals surface area (Å²) in [5.74, 6) is 0. The normalized spacial score (nSPS) is 12.1. The Morgan fingerprint density at radius 3 is 2.27 bits per heavy atom. The molecule has 0 fully saturated rings. The molecule has 0 aliphatic heterocycles. The molecule has 0 aromatic carbocycles. The number of hydrogen-bond acceptors (Lipinski definition) is 1. The van der Waals surface area contributed by atoms with E-state index in [1.165, 1.54) is 0 Å². The van der Waals surface area contributed by atoms with E-state index < -0.39 is 4.33 Å². The van der Waals surface area contributed by atoms with Gasteiger partial charge in [0.15, 0.2) is 4.33 Å². The Morgan fingerprint density at radius 2 is 1.91 bits per heavy atom. The fourth-order valence-electron chi connectivity index (χ4n) is 0.564. The van der Waals surface area contributed by atoms with Crippen LogP contribution in [0.5, 0.6) is 0 Å². The largest absolute Gasteiger partial charge is 0.310 e. The maximum absolute atomic E-state index is 6.84. The lowest BCUT2D eigenvalue weighted by atomic mass is 10.2. The molecule has 0 aromatic heterocycles. The molecule has 0 aliphatic carbocycles. The van der Waals surface area contributed by atoms with Crippen LogP contribution in [0.3, 0.4) is 0 Å². The zero-order valence-electron chi connectivity index (χ0n) is 5.79. The Bertz CT molecular complexity index is 124. The van der Waals surface area contributed by atoms with Crippen LogP contribution in [0.1, 0.15) is 19.3 Å². The van der Waals surface area contributed by atoms with Gasteiger partial charge in [-0.25, -0.2) is 0 Å². The van der Waals surface area contributed by atoms with Gasteiger partial charge in [-0.2, -0.15) is 0 Å². The number of nitrogens with one attached hydrogen (secondary N) is 1. The molecule has 11 heavy (non-hydrogen) atoms. The minimum Gasteiger partial charge on any atom is -0.310 e. The molecule has 5 heteroatoms. The monoisotopic (exact) mass is 235 g/mol. The third-order valence-corrected chi connectivity index (χ3v) is 2.18. The van der Waals surface area contributed by atoms with Gasteiger partial charge in [0.2, 0.25) is 0 Å². The Hall–Kier alpha value is 0.830. The van der Waals surface area contributed by atoms with Gasteiger partial charge in [0.25, 0.3) is 0 Å². The lowest BCUT2D eigenvalue weighted by Gasteiger charge is -2.12. The summed E-state index contributed by atoms with van der Waals surface area (Å²) >= 11 is 22.2. The van der Waals surface area contributed by atoms with Crippen LogP contribution in [-0.4, -0.2) is 15.4 Å². The minimum absolute atomic E-state index is 0.370. The molecular weight excluding hydrogens is 228 g/mol. The van der Waals surface area contributed by atoms with Crippen molar-refractivity contribution in [3.05, 3.63) is 0 Å². The second kappa shape index (κ2) is 5.47. The Labute approximate surface area is 86.5 Å². The summed E-state index contributed by atoms with van der Waals surface area (Å²) < 4.78 is -1.05. The summed E-state index contributed by atoms with van der Waals surface area (Å²) in [4.78, 5) is -0.370. The molecule has 0 aliphatic rings. The van der Waals surface area contributed by atoms with Crippen LogP contribution in [0, 0.1) is 5.41 Å². The van der Waals surface area contributed by atoms with Crippen molar-refractivity contribution < 1.29 is 0 Å². The molecule has 0 saturated carbocycles. The van der Waals surface area contributed by atoms with Gasteiger partial charge in [-0.05, 0) is 19.3 Å². The van der Waals surface area contributed by atoms with E-state index in [4.69, 9.17) is 51.8 Å². The van der Waals surface area contributed by atoms with Crippen molar-refractivity contribution >= 4 is 52.6 Å². The second-order valence-electron chi connectivity index (χ2n) is 2.19. The van der Waals surface area contributed by atoms with E-state index in [-0.39, 0.29) is 4.84 Å². The predicted molar refractivity (Wildman–Crippen MR) is 52.6 cm³/mol. The maximum Gasteiger partial charge on any atom is 0.152 e. The SMILES string of the molecule is N=CC(Cl)(Cl)CCCC(Cl)Cl. The summed E-state index contributed by atoms with van der Waals surface area (Å²) in [6.07, 6.45) is 2.89.